The molecule has 0 aliphatic carbocycles. The molecule has 0 N–H and O–H groups in total. The third-order valence-electron chi connectivity index (χ3n) is 3.73. The molecular formula is C18H13N3O4. The number of hydrogen-bond donors (Lipinski definition) is 0. The Balaban J connectivity index is 1.89. The topological polar surface area (TPSA) is 90.7 Å². The Morgan fingerprint density at radius 2 is 1.68 bits per heavy atom. The third-order valence-corrected chi connectivity index (χ3v) is 3.73. The molecule has 0 spiro atoms. The van der Waals surface area contributed by atoms with Gasteiger partial charge in [-0.15, -0.1) is 0 Å². The fourth-order valence-electron chi connectivity index (χ4n) is 2.44. The molecule has 7 heteroatoms. The Labute approximate surface area is 143 Å². The lowest BCUT2D eigenvalue weighted by molar-refractivity contribution is -0.0584. The van der Waals surface area contributed by atoms with Crippen molar-refractivity contribution in [2.45, 2.75) is 0 Å². The molecule has 0 saturated heterocycles. The highest BCUT2D eigenvalue weighted by molar-refractivity contribution is 6.21. The van der Waals surface area contributed by atoms with Crippen LogP contribution in [0.2, 0.25) is 0 Å². The predicted octanol–water partition coefficient (Wildman–Crippen LogP) is 1.99. The maximum absolute atomic E-state index is 12.4. The normalized spacial score (nSPS) is 12.6. The molecule has 0 bridgehead atoms. The van der Waals surface area contributed by atoms with Crippen LogP contribution in [-0.2, 0) is 4.84 Å². The van der Waals surface area contributed by atoms with Gasteiger partial charge < -0.3 is 9.74 Å². The maximum Gasteiger partial charge on any atom is 0.364 e. The van der Waals surface area contributed by atoms with Gasteiger partial charge in [0.2, 0.25) is 0 Å². The number of hydroxylamine groups is 2. The zero-order valence-electron chi connectivity index (χ0n) is 13.5. The molecular weight excluding hydrogens is 322 g/mol. The Hall–Kier alpha value is -3.66. The fourth-order valence-corrected chi connectivity index (χ4v) is 2.44. The van der Waals surface area contributed by atoms with Gasteiger partial charge >= 0.3 is 5.97 Å². The molecule has 1 aliphatic rings. The van der Waals surface area contributed by atoms with E-state index in [0.717, 1.165) is 0 Å². The van der Waals surface area contributed by atoms with Gasteiger partial charge in [-0.2, -0.15) is 5.26 Å². The van der Waals surface area contributed by atoms with Gasteiger partial charge in [-0.3, -0.25) is 9.59 Å². The molecule has 0 atom stereocenters. The first-order valence-electron chi connectivity index (χ1n) is 7.35. The number of carbonyl (C=O) groups excluding carboxylic acids is 3. The zero-order chi connectivity index (χ0) is 18.1. The Morgan fingerprint density at radius 1 is 1.08 bits per heavy atom. The molecule has 25 heavy (non-hydrogen) atoms. The van der Waals surface area contributed by atoms with E-state index in [1.54, 1.807) is 37.2 Å². The number of carbonyl (C=O) groups is 3. The van der Waals surface area contributed by atoms with Gasteiger partial charge in [-0.25, -0.2) is 4.79 Å². The zero-order valence-corrected chi connectivity index (χ0v) is 13.5. The third kappa shape index (κ3) is 2.81. The van der Waals surface area contributed by atoms with E-state index < -0.39 is 17.8 Å². The lowest BCUT2D eigenvalue weighted by Crippen LogP contribution is -2.32. The average molecular weight is 335 g/mol. The molecule has 7 nitrogen and oxygen atoms in total. The van der Waals surface area contributed by atoms with Gasteiger partial charge in [0.15, 0.2) is 0 Å². The quantitative estimate of drug-likeness (QED) is 0.797. The van der Waals surface area contributed by atoms with E-state index in [1.165, 1.54) is 24.3 Å². The van der Waals surface area contributed by atoms with Crippen LogP contribution in [0.15, 0.2) is 42.5 Å². The molecule has 2 aromatic carbocycles. The molecule has 0 fully saturated rings. The van der Waals surface area contributed by atoms with Gasteiger partial charge in [0.05, 0.1) is 28.3 Å². The molecule has 3 rings (SSSR count). The molecule has 2 amide bonds. The van der Waals surface area contributed by atoms with E-state index in [2.05, 4.69) is 0 Å². The van der Waals surface area contributed by atoms with E-state index in [1.807, 2.05) is 6.07 Å². The van der Waals surface area contributed by atoms with Gasteiger partial charge in [0.25, 0.3) is 11.8 Å². The highest BCUT2D eigenvalue weighted by atomic mass is 16.7. The molecule has 1 aliphatic heterocycles. The number of fused-ring (bicyclic) bond motifs is 1. The molecule has 0 saturated carbocycles. The summed E-state index contributed by atoms with van der Waals surface area (Å²) in [6.07, 6.45) is 0. The van der Waals surface area contributed by atoms with E-state index in [4.69, 9.17) is 10.1 Å². The summed E-state index contributed by atoms with van der Waals surface area (Å²) in [6, 6.07) is 12.6. The number of rotatable bonds is 3. The number of nitriles is 1. The fraction of sp³-hybridized carbons (Fsp3) is 0.111. The summed E-state index contributed by atoms with van der Waals surface area (Å²) in [5.74, 6) is -2.29. The van der Waals surface area contributed by atoms with E-state index in [9.17, 15) is 14.4 Å². The van der Waals surface area contributed by atoms with Gasteiger partial charge in [-0.05, 0) is 30.3 Å². The largest absolute Gasteiger partial charge is 0.378 e. The maximum atomic E-state index is 12.4. The Morgan fingerprint density at radius 3 is 2.20 bits per heavy atom. The summed E-state index contributed by atoms with van der Waals surface area (Å²) in [5.41, 5.74) is 1.31. The number of benzene rings is 2. The molecule has 1 heterocycles. The number of imide groups is 1. The summed E-state index contributed by atoms with van der Waals surface area (Å²) >= 11 is 0. The highest BCUT2D eigenvalue weighted by Gasteiger charge is 2.38. The SMILES string of the molecule is CN(C)c1cc(C#N)cc(C(=O)ON2C(=O)c3ccccc3C2=O)c1. The first-order valence-corrected chi connectivity index (χ1v) is 7.35. The van der Waals surface area contributed by atoms with Crippen molar-refractivity contribution in [1.29, 1.82) is 5.26 Å². The second-order valence-electron chi connectivity index (χ2n) is 5.60. The minimum absolute atomic E-state index is 0.0688. The van der Waals surface area contributed by atoms with E-state index >= 15 is 0 Å². The smallest absolute Gasteiger partial charge is 0.364 e. The number of anilines is 1. The monoisotopic (exact) mass is 335 g/mol. The summed E-state index contributed by atoms with van der Waals surface area (Å²) in [6.45, 7) is 0. The van der Waals surface area contributed by atoms with Crippen molar-refractivity contribution in [1.82, 2.24) is 5.06 Å². The molecule has 0 radical (unpaired) electrons. The van der Waals surface area contributed by atoms with Crippen molar-refractivity contribution in [2.24, 2.45) is 0 Å². The van der Waals surface area contributed by atoms with Gasteiger partial charge in [0.1, 0.15) is 0 Å². The molecule has 124 valence electrons. The van der Waals surface area contributed by atoms with E-state index in [-0.39, 0.29) is 22.3 Å². The van der Waals surface area contributed by atoms with Crippen molar-refractivity contribution < 1.29 is 19.2 Å². The van der Waals surface area contributed by atoms with Crippen LogP contribution in [0.4, 0.5) is 5.69 Å². The van der Waals surface area contributed by atoms with Crippen LogP contribution < -0.4 is 4.90 Å². The van der Waals surface area contributed by atoms with Crippen LogP contribution in [0, 0.1) is 11.3 Å². The van der Waals surface area contributed by atoms with Crippen LogP contribution >= 0.6 is 0 Å². The second-order valence-corrected chi connectivity index (χ2v) is 5.60. The van der Waals surface area contributed by atoms with Crippen molar-refractivity contribution in [2.75, 3.05) is 19.0 Å². The molecule has 0 aromatic heterocycles. The predicted molar refractivity (Wildman–Crippen MR) is 87.8 cm³/mol. The van der Waals surface area contributed by atoms with E-state index in [0.29, 0.717) is 10.8 Å². The highest BCUT2D eigenvalue weighted by Crippen LogP contribution is 2.24. The first kappa shape index (κ1) is 16.2. The first-order chi connectivity index (χ1) is 11.9. The minimum Gasteiger partial charge on any atom is -0.378 e. The summed E-state index contributed by atoms with van der Waals surface area (Å²) in [5, 5.41) is 9.54. The van der Waals surface area contributed by atoms with Crippen LogP contribution in [0.3, 0.4) is 0 Å². The summed E-state index contributed by atoms with van der Waals surface area (Å²) in [7, 11) is 3.52. The van der Waals surface area contributed by atoms with Crippen molar-refractivity contribution in [3.63, 3.8) is 0 Å². The van der Waals surface area contributed by atoms with Crippen molar-refractivity contribution in [3.8, 4) is 6.07 Å². The lowest BCUT2D eigenvalue weighted by Gasteiger charge is -2.16. The standard InChI is InChI=1S/C18H13N3O4/c1-20(2)13-8-11(10-19)7-12(9-13)18(24)25-21-16(22)14-5-3-4-6-15(14)17(21)23/h3-9H,1-2H3. The lowest BCUT2D eigenvalue weighted by atomic mass is 10.1. The summed E-state index contributed by atoms with van der Waals surface area (Å²) < 4.78 is 0. The minimum atomic E-state index is -0.894. The Kier molecular flexibility index (Phi) is 3.95. The molecule has 2 aromatic rings. The van der Waals surface area contributed by atoms with Crippen LogP contribution in [0.25, 0.3) is 0 Å². The Bertz CT molecular complexity index is 909. The average Bonchev–Trinajstić information content (AvgIpc) is 2.86. The van der Waals surface area contributed by atoms with Crippen LogP contribution in [-0.4, -0.2) is 36.9 Å². The second kappa shape index (κ2) is 6.09. The number of amides is 2. The van der Waals surface area contributed by atoms with Crippen LogP contribution in [0.1, 0.15) is 36.6 Å². The summed E-state index contributed by atoms with van der Waals surface area (Å²) in [4.78, 5) is 43.6. The van der Waals surface area contributed by atoms with Gasteiger partial charge in [0, 0.05) is 19.8 Å². The van der Waals surface area contributed by atoms with Crippen molar-refractivity contribution >= 4 is 23.5 Å². The number of hydrogen-bond acceptors (Lipinski definition) is 6. The number of nitrogens with zero attached hydrogens (tertiary/aromatic N) is 3. The van der Waals surface area contributed by atoms with Gasteiger partial charge in [-0.1, -0.05) is 17.2 Å². The van der Waals surface area contributed by atoms with Crippen molar-refractivity contribution in [3.05, 3.63) is 64.7 Å². The van der Waals surface area contributed by atoms with Crippen LogP contribution in [0.5, 0.6) is 0 Å². The molecule has 0 unspecified atom stereocenters.